The molecule has 0 spiro atoms. The van der Waals surface area contributed by atoms with Gasteiger partial charge in [-0.1, -0.05) is 44.9 Å². The number of anilines is 1. The minimum absolute atomic E-state index is 0.0776. The molecule has 1 aliphatic carbocycles. The molecule has 0 heterocycles. The van der Waals surface area contributed by atoms with E-state index in [4.69, 9.17) is 5.26 Å². The molecule has 1 saturated carbocycles. The number of carbonyl (C=O) groups excluding carboxylic acids is 2. The highest BCUT2D eigenvalue weighted by Crippen LogP contribution is 2.30. The third-order valence-electron chi connectivity index (χ3n) is 5.79. The fraction of sp³-hybridized carbons (Fsp3) is 0.375. The van der Waals surface area contributed by atoms with Crippen LogP contribution in [0.4, 0.5) is 5.69 Å². The van der Waals surface area contributed by atoms with E-state index in [9.17, 15) is 9.59 Å². The Morgan fingerprint density at radius 2 is 1.93 bits per heavy atom. The predicted octanol–water partition coefficient (Wildman–Crippen LogP) is 4.84. The molecule has 2 aromatic rings. The van der Waals surface area contributed by atoms with Crippen LogP contribution in [-0.4, -0.2) is 23.6 Å². The Balaban J connectivity index is 1.61. The molecule has 3 atom stereocenters. The largest absolute Gasteiger partial charge is 0.349 e. The van der Waals surface area contributed by atoms with Gasteiger partial charge in [-0.25, -0.2) is 0 Å². The van der Waals surface area contributed by atoms with Crippen molar-refractivity contribution in [3.63, 3.8) is 0 Å². The normalized spacial score (nSPS) is 20.8. The molecule has 5 nitrogen and oxygen atoms in total. The van der Waals surface area contributed by atoms with Gasteiger partial charge in [0.05, 0.1) is 22.9 Å². The van der Waals surface area contributed by atoms with Gasteiger partial charge in [0.25, 0.3) is 5.91 Å². The maximum Gasteiger partial charge on any atom is 0.252 e. The lowest BCUT2D eigenvalue weighted by molar-refractivity contribution is -0.113. The van der Waals surface area contributed by atoms with Crippen LogP contribution < -0.4 is 10.6 Å². The van der Waals surface area contributed by atoms with Gasteiger partial charge in [-0.05, 0) is 48.6 Å². The average Bonchev–Trinajstić information content (AvgIpc) is 2.75. The fourth-order valence-electron chi connectivity index (χ4n) is 3.82. The standard InChI is InChI=1S/C24H27N3O2S/c1-16-7-5-11-21(17(16)2)27-24(29)20-10-3-4-12-22(20)30-15-23(28)26-19-9-6-8-18(13-19)14-25/h3-4,6,8-10,12-13,16-17,21H,5,7,11,15H2,1-2H3,(H,26,28)(H,27,29). The molecular weight excluding hydrogens is 394 g/mol. The first kappa shape index (κ1) is 21.9. The summed E-state index contributed by atoms with van der Waals surface area (Å²) >= 11 is 1.34. The number of nitrogens with zero attached hydrogens (tertiary/aromatic N) is 1. The monoisotopic (exact) mass is 421 g/mol. The summed E-state index contributed by atoms with van der Waals surface area (Å²) in [5.74, 6) is 0.985. The van der Waals surface area contributed by atoms with Crippen molar-refractivity contribution in [3.8, 4) is 6.07 Å². The van der Waals surface area contributed by atoms with E-state index >= 15 is 0 Å². The van der Waals surface area contributed by atoms with Gasteiger partial charge in [-0.2, -0.15) is 5.26 Å². The third-order valence-corrected chi connectivity index (χ3v) is 6.86. The van der Waals surface area contributed by atoms with Crippen molar-refractivity contribution in [3.05, 3.63) is 59.7 Å². The molecule has 0 saturated heterocycles. The van der Waals surface area contributed by atoms with Crippen molar-refractivity contribution in [1.82, 2.24) is 5.32 Å². The van der Waals surface area contributed by atoms with Crippen molar-refractivity contribution in [2.45, 2.75) is 44.0 Å². The lowest BCUT2D eigenvalue weighted by atomic mass is 9.78. The highest BCUT2D eigenvalue weighted by atomic mass is 32.2. The van der Waals surface area contributed by atoms with Gasteiger partial charge in [0.15, 0.2) is 0 Å². The van der Waals surface area contributed by atoms with Gasteiger partial charge >= 0.3 is 0 Å². The van der Waals surface area contributed by atoms with E-state index < -0.39 is 0 Å². The predicted molar refractivity (Wildman–Crippen MR) is 120 cm³/mol. The minimum Gasteiger partial charge on any atom is -0.349 e. The third kappa shape index (κ3) is 5.64. The number of rotatable bonds is 6. The molecule has 3 unspecified atom stereocenters. The second-order valence-electron chi connectivity index (χ2n) is 7.87. The van der Waals surface area contributed by atoms with E-state index in [1.165, 1.54) is 18.2 Å². The van der Waals surface area contributed by atoms with Gasteiger partial charge in [0.1, 0.15) is 0 Å². The van der Waals surface area contributed by atoms with Crippen LogP contribution in [0.25, 0.3) is 0 Å². The summed E-state index contributed by atoms with van der Waals surface area (Å²) in [6.45, 7) is 4.46. The summed E-state index contributed by atoms with van der Waals surface area (Å²) in [5, 5.41) is 15.0. The molecule has 6 heteroatoms. The second-order valence-corrected chi connectivity index (χ2v) is 8.89. The number of amides is 2. The molecular formula is C24H27N3O2S. The molecule has 0 aromatic heterocycles. The zero-order chi connectivity index (χ0) is 21.5. The summed E-state index contributed by atoms with van der Waals surface area (Å²) in [5.41, 5.74) is 1.69. The molecule has 0 aliphatic heterocycles. The Morgan fingerprint density at radius 3 is 2.73 bits per heavy atom. The SMILES string of the molecule is CC1CCCC(NC(=O)c2ccccc2SCC(=O)Nc2cccc(C#N)c2)C1C. The first-order valence-electron chi connectivity index (χ1n) is 10.3. The summed E-state index contributed by atoms with van der Waals surface area (Å²) in [6, 6.07) is 16.4. The van der Waals surface area contributed by atoms with E-state index in [0.717, 1.165) is 17.7 Å². The van der Waals surface area contributed by atoms with Crippen LogP contribution in [0.1, 0.15) is 49.0 Å². The van der Waals surface area contributed by atoms with Crippen molar-refractivity contribution >= 4 is 29.3 Å². The summed E-state index contributed by atoms with van der Waals surface area (Å²) in [7, 11) is 0. The number of nitriles is 1. The lowest BCUT2D eigenvalue weighted by Crippen LogP contribution is -2.43. The van der Waals surface area contributed by atoms with Crippen LogP contribution in [0.3, 0.4) is 0 Å². The first-order chi connectivity index (χ1) is 14.5. The number of benzene rings is 2. The molecule has 0 radical (unpaired) electrons. The number of hydrogen-bond acceptors (Lipinski definition) is 4. The molecule has 2 amide bonds. The number of hydrogen-bond donors (Lipinski definition) is 2. The van der Waals surface area contributed by atoms with E-state index in [-0.39, 0.29) is 23.6 Å². The number of thioether (sulfide) groups is 1. The Labute approximate surface area is 182 Å². The van der Waals surface area contributed by atoms with Gasteiger partial charge in [-0.15, -0.1) is 11.8 Å². The zero-order valence-corrected chi connectivity index (χ0v) is 18.2. The smallest absolute Gasteiger partial charge is 0.252 e. The molecule has 1 aliphatic rings. The van der Waals surface area contributed by atoms with Gasteiger partial charge in [-0.3, -0.25) is 9.59 Å². The minimum atomic E-state index is -0.181. The van der Waals surface area contributed by atoms with Crippen LogP contribution in [0.2, 0.25) is 0 Å². The van der Waals surface area contributed by atoms with E-state index in [1.54, 1.807) is 24.3 Å². The van der Waals surface area contributed by atoms with Crippen molar-refractivity contribution < 1.29 is 9.59 Å². The van der Waals surface area contributed by atoms with Gasteiger partial charge in [0, 0.05) is 16.6 Å². The summed E-state index contributed by atoms with van der Waals surface area (Å²) in [4.78, 5) is 26.1. The molecule has 0 bridgehead atoms. The average molecular weight is 422 g/mol. The molecule has 1 fully saturated rings. The maximum atomic E-state index is 12.9. The highest BCUT2D eigenvalue weighted by molar-refractivity contribution is 8.00. The molecule has 2 aromatic carbocycles. The van der Waals surface area contributed by atoms with E-state index in [2.05, 4.69) is 30.6 Å². The highest BCUT2D eigenvalue weighted by Gasteiger charge is 2.28. The number of carbonyl (C=O) groups is 2. The molecule has 2 N–H and O–H groups in total. The first-order valence-corrected chi connectivity index (χ1v) is 11.3. The fourth-order valence-corrected chi connectivity index (χ4v) is 4.67. The van der Waals surface area contributed by atoms with Crippen LogP contribution in [0.15, 0.2) is 53.4 Å². The Bertz CT molecular complexity index is 953. The quantitative estimate of drug-likeness (QED) is 0.654. The van der Waals surface area contributed by atoms with E-state index in [0.29, 0.717) is 28.7 Å². The van der Waals surface area contributed by atoms with Crippen molar-refractivity contribution in [2.75, 3.05) is 11.1 Å². The van der Waals surface area contributed by atoms with Crippen LogP contribution in [0, 0.1) is 23.2 Å². The number of nitrogens with one attached hydrogen (secondary N) is 2. The summed E-state index contributed by atoms with van der Waals surface area (Å²) in [6.07, 6.45) is 3.36. The molecule has 30 heavy (non-hydrogen) atoms. The zero-order valence-electron chi connectivity index (χ0n) is 17.4. The maximum absolute atomic E-state index is 12.9. The van der Waals surface area contributed by atoms with Gasteiger partial charge in [0.2, 0.25) is 5.91 Å². The molecule has 3 rings (SSSR count). The Morgan fingerprint density at radius 1 is 1.13 bits per heavy atom. The van der Waals surface area contributed by atoms with E-state index in [1.807, 2.05) is 24.3 Å². The Kier molecular flexibility index (Phi) is 7.53. The van der Waals surface area contributed by atoms with Crippen molar-refractivity contribution in [1.29, 1.82) is 5.26 Å². The van der Waals surface area contributed by atoms with Crippen LogP contribution in [0.5, 0.6) is 0 Å². The lowest BCUT2D eigenvalue weighted by Gasteiger charge is -2.34. The second kappa shape index (κ2) is 10.3. The van der Waals surface area contributed by atoms with Crippen LogP contribution in [-0.2, 0) is 4.79 Å². The van der Waals surface area contributed by atoms with Crippen LogP contribution >= 0.6 is 11.8 Å². The summed E-state index contributed by atoms with van der Waals surface area (Å²) < 4.78 is 0. The van der Waals surface area contributed by atoms with Crippen molar-refractivity contribution in [2.24, 2.45) is 11.8 Å². The topological polar surface area (TPSA) is 82.0 Å². The molecule has 156 valence electrons. The van der Waals surface area contributed by atoms with Gasteiger partial charge < -0.3 is 10.6 Å². The Hall–Kier alpha value is -2.78.